The molecule has 31 heavy (non-hydrogen) atoms. The molecule has 4 rings (SSSR count). The molecule has 0 atom stereocenters. The number of nitrogens with zero attached hydrogens (tertiary/aromatic N) is 4. The second kappa shape index (κ2) is 8.69. The van der Waals surface area contributed by atoms with Crippen molar-refractivity contribution in [3.05, 3.63) is 77.6 Å². The number of methoxy groups -OCH3 is 1. The fourth-order valence-corrected chi connectivity index (χ4v) is 3.54. The number of rotatable bonds is 7. The molecule has 2 aromatic carbocycles. The summed E-state index contributed by atoms with van der Waals surface area (Å²) in [6, 6.07) is 14.0. The predicted molar refractivity (Wildman–Crippen MR) is 116 cm³/mol. The molecular weight excluding hydrogens is 400 g/mol. The Morgan fingerprint density at radius 2 is 1.81 bits per heavy atom. The smallest absolute Gasteiger partial charge is 0.170 e. The third-order valence-corrected chi connectivity index (χ3v) is 5.03. The summed E-state index contributed by atoms with van der Waals surface area (Å²) in [6.07, 6.45) is 1.57. The number of benzene rings is 2. The number of pyridine rings is 1. The minimum Gasteiger partial charge on any atom is -0.496 e. The van der Waals surface area contributed by atoms with Gasteiger partial charge in [-0.25, -0.2) is 8.78 Å². The first-order chi connectivity index (χ1) is 15.0. The third-order valence-electron chi connectivity index (χ3n) is 5.03. The molecule has 2 aromatic heterocycles. The van der Waals surface area contributed by atoms with Crippen LogP contribution in [-0.2, 0) is 13.1 Å². The highest BCUT2D eigenvalue weighted by molar-refractivity contribution is 5.79. The number of para-hydroxylation sites is 1. The number of nitrogens with one attached hydrogen (secondary N) is 1. The average molecular weight is 423 g/mol. The molecule has 0 saturated carbocycles. The number of ether oxygens (including phenoxy) is 1. The van der Waals surface area contributed by atoms with E-state index in [9.17, 15) is 8.78 Å². The molecule has 0 aliphatic heterocycles. The Balaban J connectivity index is 1.67. The van der Waals surface area contributed by atoms with E-state index in [1.54, 1.807) is 42.9 Å². The number of hydrogen-bond donors (Lipinski definition) is 1. The Kier molecular flexibility index (Phi) is 5.81. The van der Waals surface area contributed by atoms with Crippen molar-refractivity contribution < 1.29 is 13.5 Å². The maximum absolute atomic E-state index is 14.6. The molecule has 0 fully saturated rings. The lowest BCUT2D eigenvalue weighted by Gasteiger charge is -2.15. The van der Waals surface area contributed by atoms with Crippen LogP contribution in [0.25, 0.3) is 16.8 Å². The van der Waals surface area contributed by atoms with E-state index < -0.39 is 11.6 Å². The van der Waals surface area contributed by atoms with Crippen LogP contribution in [0.1, 0.15) is 11.1 Å². The highest BCUT2D eigenvalue weighted by Gasteiger charge is 2.16. The Morgan fingerprint density at radius 1 is 1.06 bits per heavy atom. The number of hydrogen-bond acceptors (Lipinski definition) is 5. The molecule has 0 amide bonds. The zero-order valence-electron chi connectivity index (χ0n) is 17.6. The van der Waals surface area contributed by atoms with Crippen LogP contribution in [0, 0.1) is 11.6 Å². The fraction of sp³-hybridized carbons (Fsp3) is 0.217. The van der Waals surface area contributed by atoms with Gasteiger partial charge in [0.1, 0.15) is 29.5 Å². The topological polar surface area (TPSA) is 54.7 Å². The molecule has 0 spiro atoms. The fourth-order valence-electron chi connectivity index (χ4n) is 3.54. The van der Waals surface area contributed by atoms with E-state index in [1.807, 2.05) is 30.3 Å². The first-order valence-electron chi connectivity index (χ1n) is 9.79. The summed E-state index contributed by atoms with van der Waals surface area (Å²) in [5.74, 6) is 0.370. The molecule has 1 N–H and O–H groups in total. The van der Waals surface area contributed by atoms with Gasteiger partial charge in [-0.05, 0) is 50.0 Å². The van der Waals surface area contributed by atoms with E-state index in [2.05, 4.69) is 15.5 Å². The summed E-state index contributed by atoms with van der Waals surface area (Å²) >= 11 is 0. The lowest BCUT2D eigenvalue weighted by Crippen LogP contribution is -2.13. The van der Waals surface area contributed by atoms with E-state index in [0.29, 0.717) is 23.3 Å². The Morgan fingerprint density at radius 3 is 2.52 bits per heavy atom. The van der Waals surface area contributed by atoms with Gasteiger partial charge in [0.15, 0.2) is 5.65 Å². The summed E-state index contributed by atoms with van der Waals surface area (Å²) in [5.41, 5.74) is 2.54. The van der Waals surface area contributed by atoms with Crippen molar-refractivity contribution in [3.63, 3.8) is 0 Å². The zero-order chi connectivity index (χ0) is 22.0. The molecule has 160 valence electrons. The molecule has 6 nitrogen and oxygen atoms in total. The second-order valence-electron chi connectivity index (χ2n) is 7.48. The van der Waals surface area contributed by atoms with Crippen LogP contribution in [0.2, 0.25) is 0 Å². The minimum atomic E-state index is -0.584. The van der Waals surface area contributed by atoms with Gasteiger partial charge in [0.2, 0.25) is 0 Å². The zero-order valence-corrected chi connectivity index (χ0v) is 17.6. The molecule has 4 aromatic rings. The van der Waals surface area contributed by atoms with Crippen molar-refractivity contribution in [2.45, 2.75) is 13.1 Å². The van der Waals surface area contributed by atoms with Crippen molar-refractivity contribution in [2.75, 3.05) is 26.5 Å². The normalized spacial score (nSPS) is 11.3. The molecule has 0 aliphatic carbocycles. The summed E-state index contributed by atoms with van der Waals surface area (Å²) in [7, 11) is 5.17. The van der Waals surface area contributed by atoms with Crippen LogP contribution in [0.15, 0.2) is 54.9 Å². The highest BCUT2D eigenvalue weighted by atomic mass is 19.1. The van der Waals surface area contributed by atoms with Crippen molar-refractivity contribution in [1.29, 1.82) is 0 Å². The quantitative estimate of drug-likeness (QED) is 0.479. The van der Waals surface area contributed by atoms with Gasteiger partial charge < -0.3 is 15.0 Å². The van der Waals surface area contributed by atoms with Gasteiger partial charge >= 0.3 is 0 Å². The molecule has 0 aliphatic rings. The van der Waals surface area contributed by atoms with Crippen LogP contribution >= 0.6 is 0 Å². The monoisotopic (exact) mass is 423 g/mol. The molecule has 0 bridgehead atoms. The van der Waals surface area contributed by atoms with E-state index in [4.69, 9.17) is 4.74 Å². The lowest BCUT2D eigenvalue weighted by atomic mass is 10.0. The Labute approximate surface area is 179 Å². The summed E-state index contributed by atoms with van der Waals surface area (Å²) in [5, 5.41) is 11.5. The predicted octanol–water partition coefficient (Wildman–Crippen LogP) is 4.36. The molecule has 0 saturated heterocycles. The number of halogens is 2. The molecular formula is C23H23F2N5O. The van der Waals surface area contributed by atoms with Gasteiger partial charge in [0.25, 0.3) is 0 Å². The highest BCUT2D eigenvalue weighted by Crippen LogP contribution is 2.30. The van der Waals surface area contributed by atoms with Crippen molar-refractivity contribution >= 4 is 11.5 Å². The SMILES string of the molecule is COc1ccccc1CNc1ccc(-c2cc(F)c(CN(C)C)c(F)c2)c2nncn12. The summed E-state index contributed by atoms with van der Waals surface area (Å²) < 4.78 is 36.4. The number of anilines is 1. The Bertz CT molecular complexity index is 1200. The average Bonchev–Trinajstić information content (AvgIpc) is 3.24. The van der Waals surface area contributed by atoms with E-state index >= 15 is 0 Å². The molecule has 0 unspecified atom stereocenters. The van der Waals surface area contributed by atoms with Gasteiger partial charge in [0.05, 0.1) is 7.11 Å². The van der Waals surface area contributed by atoms with E-state index in [1.165, 1.54) is 12.1 Å². The van der Waals surface area contributed by atoms with Crippen LogP contribution in [-0.4, -0.2) is 40.7 Å². The Hall–Kier alpha value is -3.52. The van der Waals surface area contributed by atoms with Crippen molar-refractivity contribution in [1.82, 2.24) is 19.5 Å². The standard InChI is InChI=1S/C23H23F2N5O/c1-29(2)13-18-19(24)10-16(11-20(18)25)17-8-9-22(30-14-27-28-23(17)30)26-12-15-6-4-5-7-21(15)31-3/h4-11,14,26H,12-13H2,1-3H3. The first-order valence-corrected chi connectivity index (χ1v) is 9.79. The minimum absolute atomic E-state index is 0.0429. The molecule has 0 radical (unpaired) electrons. The van der Waals surface area contributed by atoms with Crippen LogP contribution in [0.3, 0.4) is 0 Å². The molecule has 2 heterocycles. The van der Waals surface area contributed by atoms with Crippen LogP contribution in [0.5, 0.6) is 5.75 Å². The maximum atomic E-state index is 14.6. The van der Waals surface area contributed by atoms with Crippen molar-refractivity contribution in [2.24, 2.45) is 0 Å². The maximum Gasteiger partial charge on any atom is 0.170 e. The van der Waals surface area contributed by atoms with Gasteiger partial charge in [-0.1, -0.05) is 18.2 Å². The number of aromatic nitrogens is 3. The van der Waals surface area contributed by atoms with Gasteiger partial charge in [-0.3, -0.25) is 4.40 Å². The lowest BCUT2D eigenvalue weighted by molar-refractivity contribution is 0.381. The summed E-state index contributed by atoms with van der Waals surface area (Å²) in [6.45, 7) is 0.712. The van der Waals surface area contributed by atoms with Gasteiger partial charge in [-0.15, -0.1) is 10.2 Å². The summed E-state index contributed by atoms with van der Waals surface area (Å²) in [4.78, 5) is 1.72. The van der Waals surface area contributed by atoms with Gasteiger partial charge in [0, 0.05) is 29.8 Å². The van der Waals surface area contributed by atoms with E-state index in [0.717, 1.165) is 17.1 Å². The van der Waals surface area contributed by atoms with Gasteiger partial charge in [-0.2, -0.15) is 0 Å². The van der Waals surface area contributed by atoms with Crippen molar-refractivity contribution in [3.8, 4) is 16.9 Å². The second-order valence-corrected chi connectivity index (χ2v) is 7.48. The van der Waals surface area contributed by atoms with E-state index in [-0.39, 0.29) is 12.1 Å². The molecule has 8 heteroatoms. The van der Waals surface area contributed by atoms with Crippen LogP contribution < -0.4 is 10.1 Å². The largest absolute Gasteiger partial charge is 0.496 e. The first kappa shape index (κ1) is 20.7. The van der Waals surface area contributed by atoms with Crippen LogP contribution in [0.4, 0.5) is 14.6 Å². The third kappa shape index (κ3) is 4.20. The number of fused-ring (bicyclic) bond motifs is 1.